The second-order valence-corrected chi connectivity index (χ2v) is 6.21. The summed E-state index contributed by atoms with van der Waals surface area (Å²) >= 11 is 1.52. The number of rotatable bonds is 7. The lowest BCUT2D eigenvalue weighted by atomic mass is 10.1. The predicted octanol–water partition coefficient (Wildman–Crippen LogP) is 3.87. The number of carbonyl (C=O) groups is 1. The van der Waals surface area contributed by atoms with Crippen LogP contribution in [0.25, 0.3) is 0 Å². The highest BCUT2D eigenvalue weighted by atomic mass is 32.2. The second kappa shape index (κ2) is 8.67. The third-order valence-corrected chi connectivity index (χ3v) is 4.49. The maximum atomic E-state index is 13.4. The second-order valence-electron chi connectivity index (χ2n) is 5.22. The van der Waals surface area contributed by atoms with E-state index < -0.39 is 11.6 Å². The summed E-state index contributed by atoms with van der Waals surface area (Å²) in [7, 11) is 0. The number of nitrogens with one attached hydrogen (secondary N) is 1. The summed E-state index contributed by atoms with van der Waals surface area (Å²) < 4.78 is 26.9. The Kier molecular flexibility index (Phi) is 6.59. The Hall–Kier alpha value is -1.88. The van der Waals surface area contributed by atoms with Gasteiger partial charge in [0.1, 0.15) is 11.6 Å². The van der Waals surface area contributed by atoms with Gasteiger partial charge in [-0.1, -0.05) is 30.3 Å². The lowest BCUT2D eigenvalue weighted by Crippen LogP contribution is -2.27. The molecule has 0 saturated heterocycles. The Morgan fingerprint density at radius 3 is 2.48 bits per heavy atom. The molecular weight excluding hydrogens is 316 g/mol. The van der Waals surface area contributed by atoms with Gasteiger partial charge < -0.3 is 5.32 Å². The van der Waals surface area contributed by atoms with E-state index in [1.807, 2.05) is 31.2 Å². The zero-order chi connectivity index (χ0) is 16.7. The molecule has 1 amide bonds. The van der Waals surface area contributed by atoms with Crippen LogP contribution < -0.4 is 5.32 Å². The smallest absolute Gasteiger partial charge is 0.230 e. The Morgan fingerprint density at radius 1 is 1.09 bits per heavy atom. The van der Waals surface area contributed by atoms with Gasteiger partial charge in [0.05, 0.1) is 5.75 Å². The number of carbonyl (C=O) groups excluding carboxylic acids is 1. The molecule has 2 nitrogen and oxygen atoms in total. The van der Waals surface area contributed by atoms with E-state index in [2.05, 4.69) is 5.32 Å². The van der Waals surface area contributed by atoms with Crippen molar-refractivity contribution in [3.8, 4) is 0 Å². The summed E-state index contributed by atoms with van der Waals surface area (Å²) in [4.78, 5) is 11.8. The minimum absolute atomic E-state index is 0.0142. The van der Waals surface area contributed by atoms with E-state index in [1.54, 1.807) is 0 Å². The fourth-order valence-corrected chi connectivity index (χ4v) is 3.11. The first kappa shape index (κ1) is 17.5. The van der Waals surface area contributed by atoms with E-state index in [0.29, 0.717) is 5.75 Å². The summed E-state index contributed by atoms with van der Waals surface area (Å²) in [6.07, 6.45) is 0.146. The van der Waals surface area contributed by atoms with Crippen molar-refractivity contribution in [2.45, 2.75) is 19.1 Å². The van der Waals surface area contributed by atoms with Gasteiger partial charge in [-0.3, -0.25) is 4.79 Å². The Labute approximate surface area is 139 Å². The maximum absolute atomic E-state index is 13.4. The van der Waals surface area contributed by atoms with Crippen LogP contribution in [0.4, 0.5) is 8.78 Å². The molecule has 0 fully saturated rings. The van der Waals surface area contributed by atoms with Crippen LogP contribution in [0.5, 0.6) is 0 Å². The van der Waals surface area contributed by atoms with Crippen molar-refractivity contribution in [1.82, 2.24) is 5.32 Å². The fourth-order valence-electron chi connectivity index (χ4n) is 2.17. The lowest BCUT2D eigenvalue weighted by molar-refractivity contribution is -0.118. The highest BCUT2D eigenvalue weighted by Gasteiger charge is 2.09. The normalized spacial score (nSPS) is 10.6. The van der Waals surface area contributed by atoms with Crippen LogP contribution in [0.2, 0.25) is 0 Å². The SMILES string of the molecule is Cc1ccccc1CSCC(=O)NCCc1c(F)cccc1F. The van der Waals surface area contributed by atoms with Crippen molar-refractivity contribution < 1.29 is 13.6 Å². The van der Waals surface area contributed by atoms with Gasteiger partial charge >= 0.3 is 0 Å². The van der Waals surface area contributed by atoms with Gasteiger partial charge in [-0.25, -0.2) is 8.78 Å². The maximum Gasteiger partial charge on any atom is 0.230 e. The number of benzene rings is 2. The fraction of sp³-hybridized carbons (Fsp3) is 0.278. The molecule has 5 heteroatoms. The predicted molar refractivity (Wildman–Crippen MR) is 90.4 cm³/mol. The molecule has 0 aliphatic heterocycles. The summed E-state index contributed by atoms with van der Waals surface area (Å²) in [5.41, 5.74) is 2.43. The van der Waals surface area contributed by atoms with E-state index in [1.165, 1.54) is 41.1 Å². The van der Waals surface area contributed by atoms with E-state index in [4.69, 9.17) is 0 Å². The van der Waals surface area contributed by atoms with Crippen LogP contribution in [0.3, 0.4) is 0 Å². The summed E-state index contributed by atoms with van der Waals surface area (Å²) in [5, 5.41) is 2.69. The van der Waals surface area contributed by atoms with Gasteiger partial charge in [0.15, 0.2) is 0 Å². The number of hydrogen-bond donors (Lipinski definition) is 1. The Balaban J connectivity index is 1.70. The summed E-state index contributed by atoms with van der Waals surface area (Å²) in [6.45, 7) is 2.26. The molecule has 0 unspecified atom stereocenters. The van der Waals surface area contributed by atoms with Gasteiger partial charge in [0.2, 0.25) is 5.91 Å². The van der Waals surface area contributed by atoms with Crippen molar-refractivity contribution in [2.24, 2.45) is 0 Å². The van der Waals surface area contributed by atoms with Gasteiger partial charge in [0, 0.05) is 17.9 Å². The molecular formula is C18H19F2NOS. The molecule has 0 aliphatic carbocycles. The molecule has 0 bridgehead atoms. The van der Waals surface area contributed by atoms with E-state index in [9.17, 15) is 13.6 Å². The summed E-state index contributed by atoms with van der Waals surface area (Å²) in [6, 6.07) is 11.8. The molecule has 23 heavy (non-hydrogen) atoms. The van der Waals surface area contributed by atoms with Crippen molar-refractivity contribution in [3.05, 3.63) is 70.8 Å². The van der Waals surface area contributed by atoms with Crippen LogP contribution in [-0.4, -0.2) is 18.2 Å². The molecule has 0 aromatic heterocycles. The van der Waals surface area contributed by atoms with Crippen LogP contribution in [-0.2, 0) is 17.0 Å². The number of aryl methyl sites for hydroxylation is 1. The minimum Gasteiger partial charge on any atom is -0.355 e. The van der Waals surface area contributed by atoms with E-state index in [-0.39, 0.29) is 24.4 Å². The van der Waals surface area contributed by atoms with Crippen molar-refractivity contribution in [1.29, 1.82) is 0 Å². The lowest BCUT2D eigenvalue weighted by Gasteiger charge is -2.08. The van der Waals surface area contributed by atoms with Crippen LogP contribution >= 0.6 is 11.8 Å². The zero-order valence-corrected chi connectivity index (χ0v) is 13.8. The highest BCUT2D eigenvalue weighted by Crippen LogP contribution is 2.15. The van der Waals surface area contributed by atoms with Crippen LogP contribution in [0.1, 0.15) is 16.7 Å². The highest BCUT2D eigenvalue weighted by molar-refractivity contribution is 7.99. The molecule has 1 N–H and O–H groups in total. The zero-order valence-electron chi connectivity index (χ0n) is 12.9. The van der Waals surface area contributed by atoms with Crippen LogP contribution in [0, 0.1) is 18.6 Å². The third-order valence-electron chi connectivity index (χ3n) is 3.51. The number of amides is 1. The first-order valence-corrected chi connectivity index (χ1v) is 8.55. The average molecular weight is 335 g/mol. The average Bonchev–Trinajstić information content (AvgIpc) is 2.52. The largest absolute Gasteiger partial charge is 0.355 e. The standard InChI is InChI=1S/C18H19F2NOS/c1-13-5-2-3-6-14(13)11-23-12-18(22)21-10-9-15-16(19)7-4-8-17(15)20/h2-8H,9-12H2,1H3,(H,21,22). The third kappa shape index (κ3) is 5.36. The molecule has 0 heterocycles. The molecule has 0 saturated carbocycles. The van der Waals surface area contributed by atoms with Crippen molar-refractivity contribution in [2.75, 3.05) is 12.3 Å². The molecule has 0 aliphatic rings. The first-order chi connectivity index (χ1) is 11.1. The van der Waals surface area contributed by atoms with Gasteiger partial charge in [-0.05, 0) is 36.6 Å². The Morgan fingerprint density at radius 2 is 1.78 bits per heavy atom. The number of thioether (sulfide) groups is 1. The molecule has 0 atom stereocenters. The topological polar surface area (TPSA) is 29.1 Å². The monoisotopic (exact) mass is 335 g/mol. The molecule has 2 aromatic rings. The first-order valence-electron chi connectivity index (χ1n) is 7.40. The molecule has 0 spiro atoms. The molecule has 0 radical (unpaired) electrons. The van der Waals surface area contributed by atoms with E-state index in [0.717, 1.165) is 5.75 Å². The summed E-state index contributed by atoms with van der Waals surface area (Å²) in [5.74, 6) is -0.183. The molecule has 2 aromatic carbocycles. The van der Waals surface area contributed by atoms with Gasteiger partial charge in [-0.15, -0.1) is 11.8 Å². The quantitative estimate of drug-likeness (QED) is 0.832. The van der Waals surface area contributed by atoms with Crippen molar-refractivity contribution >= 4 is 17.7 Å². The van der Waals surface area contributed by atoms with Gasteiger partial charge in [0.25, 0.3) is 0 Å². The van der Waals surface area contributed by atoms with Crippen molar-refractivity contribution in [3.63, 3.8) is 0 Å². The molecule has 2 rings (SSSR count). The minimum atomic E-state index is -0.576. The van der Waals surface area contributed by atoms with Gasteiger partial charge in [-0.2, -0.15) is 0 Å². The van der Waals surface area contributed by atoms with E-state index >= 15 is 0 Å². The number of halogens is 2. The Bertz CT molecular complexity index is 656. The molecule has 122 valence electrons. The number of hydrogen-bond acceptors (Lipinski definition) is 2. The van der Waals surface area contributed by atoms with Crippen LogP contribution in [0.15, 0.2) is 42.5 Å².